The molecule has 0 spiro atoms. The van der Waals surface area contributed by atoms with Crippen LogP contribution in [0.15, 0.2) is 46.2 Å². The number of aryl methyl sites for hydroxylation is 4. The molecule has 0 bridgehead atoms. The highest BCUT2D eigenvalue weighted by Crippen LogP contribution is 2.17. The monoisotopic (exact) mass is 452 g/mol. The molecule has 30 heavy (non-hydrogen) atoms. The minimum Gasteiger partial charge on any atom is -0.211 e. The molecule has 0 aliphatic carbocycles. The van der Waals surface area contributed by atoms with E-state index >= 15 is 0 Å². The van der Waals surface area contributed by atoms with Crippen molar-refractivity contribution in [1.82, 2.24) is 9.44 Å². The maximum atomic E-state index is 12.4. The van der Waals surface area contributed by atoms with Crippen LogP contribution in [-0.4, -0.2) is 29.9 Å². The number of benzene rings is 2. The second-order valence-corrected chi connectivity index (χ2v) is 11.2. The van der Waals surface area contributed by atoms with Crippen LogP contribution in [-0.2, 0) is 20.0 Å². The van der Waals surface area contributed by atoms with Gasteiger partial charge in [0.05, 0.1) is 9.79 Å². The van der Waals surface area contributed by atoms with Gasteiger partial charge < -0.3 is 0 Å². The van der Waals surface area contributed by atoms with Crippen molar-refractivity contribution in [2.75, 3.05) is 13.1 Å². The van der Waals surface area contributed by atoms with E-state index in [-0.39, 0.29) is 0 Å². The normalized spacial score (nSPS) is 12.3. The fraction of sp³-hybridized carbons (Fsp3) is 0.455. The van der Waals surface area contributed by atoms with Crippen LogP contribution in [0.1, 0.15) is 47.9 Å². The lowest BCUT2D eigenvalue weighted by molar-refractivity contribution is 0.562. The van der Waals surface area contributed by atoms with E-state index < -0.39 is 20.0 Å². The first kappa shape index (κ1) is 24.5. The third-order valence-corrected chi connectivity index (χ3v) is 8.17. The Hall–Kier alpha value is -1.74. The molecule has 2 N–H and O–H groups in total. The molecule has 0 atom stereocenters. The number of hydrogen-bond donors (Lipinski definition) is 2. The van der Waals surface area contributed by atoms with Gasteiger partial charge in [-0.3, -0.25) is 0 Å². The molecule has 2 aromatic carbocycles. The van der Waals surface area contributed by atoms with Crippen LogP contribution in [0.2, 0.25) is 0 Å². The van der Waals surface area contributed by atoms with Crippen LogP contribution in [0.5, 0.6) is 0 Å². The predicted octanol–water partition coefficient (Wildman–Crippen LogP) is 3.74. The van der Waals surface area contributed by atoms with E-state index in [1.54, 1.807) is 38.1 Å². The molecule has 6 nitrogen and oxygen atoms in total. The Morgan fingerprint density at radius 3 is 1.30 bits per heavy atom. The summed E-state index contributed by atoms with van der Waals surface area (Å²) >= 11 is 0. The van der Waals surface area contributed by atoms with Crippen LogP contribution in [0.3, 0.4) is 0 Å². The number of sulfonamides is 2. The first-order chi connectivity index (χ1) is 14.0. The number of rotatable bonds is 11. The molecular weight excluding hydrogens is 420 g/mol. The Morgan fingerprint density at radius 2 is 0.967 bits per heavy atom. The molecule has 0 aromatic heterocycles. The first-order valence-corrected chi connectivity index (χ1v) is 13.1. The summed E-state index contributed by atoms with van der Waals surface area (Å²) in [5.41, 5.74) is 3.52. The van der Waals surface area contributed by atoms with E-state index in [0.717, 1.165) is 35.1 Å². The molecule has 0 heterocycles. The zero-order valence-corrected chi connectivity index (χ0v) is 19.8. The number of nitrogens with one attached hydrogen (secondary N) is 2. The highest BCUT2D eigenvalue weighted by atomic mass is 32.2. The summed E-state index contributed by atoms with van der Waals surface area (Å²) in [6.07, 6.45) is 3.04. The van der Waals surface area contributed by atoms with Gasteiger partial charge in [0.25, 0.3) is 0 Å². The van der Waals surface area contributed by atoms with Gasteiger partial charge >= 0.3 is 0 Å². The maximum Gasteiger partial charge on any atom is 0.240 e. The van der Waals surface area contributed by atoms with Crippen LogP contribution < -0.4 is 9.44 Å². The molecular formula is C22H32N2O4S2. The second-order valence-electron chi connectivity index (χ2n) is 7.75. The summed E-state index contributed by atoms with van der Waals surface area (Å²) in [6, 6.07) is 10.6. The number of unbranched alkanes of at least 4 members (excludes halogenated alkanes) is 3. The summed E-state index contributed by atoms with van der Waals surface area (Å²) in [4.78, 5) is 0.628. The zero-order chi connectivity index (χ0) is 22.4. The van der Waals surface area contributed by atoms with Gasteiger partial charge in [0.1, 0.15) is 0 Å². The van der Waals surface area contributed by atoms with Gasteiger partial charge in [0.15, 0.2) is 0 Å². The molecule has 2 rings (SSSR count). The van der Waals surface area contributed by atoms with E-state index in [4.69, 9.17) is 0 Å². The van der Waals surface area contributed by atoms with Crippen molar-refractivity contribution in [3.63, 3.8) is 0 Å². The molecule has 0 aliphatic heterocycles. The average molecular weight is 453 g/mol. The predicted molar refractivity (Wildman–Crippen MR) is 121 cm³/mol. The summed E-state index contributed by atoms with van der Waals surface area (Å²) in [5, 5.41) is 0. The van der Waals surface area contributed by atoms with E-state index in [1.165, 1.54) is 0 Å². The Labute approximate surface area is 181 Å². The van der Waals surface area contributed by atoms with Crippen LogP contribution in [0.4, 0.5) is 0 Å². The average Bonchev–Trinajstić information content (AvgIpc) is 2.63. The summed E-state index contributed by atoms with van der Waals surface area (Å²) in [7, 11) is -7.01. The topological polar surface area (TPSA) is 92.3 Å². The van der Waals surface area contributed by atoms with Crippen molar-refractivity contribution in [2.45, 2.75) is 63.2 Å². The van der Waals surface area contributed by atoms with E-state index in [9.17, 15) is 16.8 Å². The lowest BCUT2D eigenvalue weighted by atomic mass is 10.2. The molecule has 0 saturated heterocycles. The molecule has 0 aliphatic rings. The molecule has 8 heteroatoms. The van der Waals surface area contributed by atoms with Crippen LogP contribution in [0, 0.1) is 27.7 Å². The maximum absolute atomic E-state index is 12.4. The first-order valence-electron chi connectivity index (χ1n) is 10.2. The highest BCUT2D eigenvalue weighted by Gasteiger charge is 2.17. The quantitative estimate of drug-likeness (QED) is 0.508. The van der Waals surface area contributed by atoms with Crippen molar-refractivity contribution in [3.8, 4) is 0 Å². The largest absolute Gasteiger partial charge is 0.240 e. The van der Waals surface area contributed by atoms with Crippen LogP contribution in [0.25, 0.3) is 0 Å². The number of hydrogen-bond acceptors (Lipinski definition) is 4. The molecule has 0 radical (unpaired) electrons. The Bertz CT molecular complexity index is 991. The molecule has 0 unspecified atom stereocenters. The lowest BCUT2D eigenvalue weighted by Gasteiger charge is -2.11. The van der Waals surface area contributed by atoms with Crippen LogP contribution >= 0.6 is 0 Å². The Kier molecular flexibility index (Phi) is 8.61. The zero-order valence-electron chi connectivity index (χ0n) is 18.2. The standard InChI is InChI=1S/C22H32N2O4S2/c1-17-9-11-21(19(3)15-17)29(25,26)23-13-7-5-6-8-14-24-30(27,28)22-12-10-18(2)16-20(22)4/h9-12,15-16,23-24H,5-8,13-14H2,1-4H3. The highest BCUT2D eigenvalue weighted by molar-refractivity contribution is 7.89. The van der Waals surface area contributed by atoms with Crippen molar-refractivity contribution in [2.24, 2.45) is 0 Å². The minimum atomic E-state index is -3.50. The smallest absolute Gasteiger partial charge is 0.211 e. The second kappa shape index (κ2) is 10.5. The van der Waals surface area contributed by atoms with Gasteiger partial charge in [-0.2, -0.15) is 0 Å². The third-order valence-electron chi connectivity index (χ3n) is 4.93. The van der Waals surface area contributed by atoms with Gasteiger partial charge in [-0.1, -0.05) is 48.2 Å². The van der Waals surface area contributed by atoms with Gasteiger partial charge in [-0.25, -0.2) is 26.3 Å². The third kappa shape index (κ3) is 6.91. The summed E-state index contributed by atoms with van der Waals surface area (Å²) in [6.45, 7) is 8.17. The molecule has 0 fully saturated rings. The summed E-state index contributed by atoms with van der Waals surface area (Å²) in [5.74, 6) is 0. The molecule has 2 aromatic rings. The Balaban J connectivity index is 1.69. The minimum absolute atomic E-state index is 0.314. The Morgan fingerprint density at radius 1 is 0.600 bits per heavy atom. The molecule has 0 saturated carbocycles. The van der Waals surface area contributed by atoms with E-state index in [0.29, 0.717) is 35.7 Å². The van der Waals surface area contributed by atoms with Crippen molar-refractivity contribution >= 4 is 20.0 Å². The van der Waals surface area contributed by atoms with Crippen molar-refractivity contribution < 1.29 is 16.8 Å². The lowest BCUT2D eigenvalue weighted by Crippen LogP contribution is -2.26. The van der Waals surface area contributed by atoms with Gasteiger partial charge in [-0.15, -0.1) is 0 Å². The van der Waals surface area contributed by atoms with Crippen molar-refractivity contribution in [3.05, 3.63) is 58.7 Å². The van der Waals surface area contributed by atoms with Gasteiger partial charge in [-0.05, 0) is 63.8 Å². The van der Waals surface area contributed by atoms with E-state index in [1.807, 2.05) is 26.0 Å². The van der Waals surface area contributed by atoms with E-state index in [2.05, 4.69) is 9.44 Å². The van der Waals surface area contributed by atoms with Crippen molar-refractivity contribution in [1.29, 1.82) is 0 Å². The molecule has 166 valence electrons. The summed E-state index contributed by atoms with van der Waals surface area (Å²) < 4.78 is 54.9. The van der Waals surface area contributed by atoms with Gasteiger partial charge in [0, 0.05) is 13.1 Å². The fourth-order valence-corrected chi connectivity index (χ4v) is 5.97. The SMILES string of the molecule is Cc1ccc(S(=O)(=O)NCCCCCCNS(=O)(=O)c2ccc(C)cc2C)c(C)c1. The fourth-order valence-electron chi connectivity index (χ4n) is 3.37. The molecule has 0 amide bonds. The van der Waals surface area contributed by atoms with Gasteiger partial charge in [0.2, 0.25) is 20.0 Å².